The number of rotatable bonds is 5. The summed E-state index contributed by atoms with van der Waals surface area (Å²) in [6, 6.07) is 27.4. The van der Waals surface area contributed by atoms with E-state index in [9.17, 15) is 4.79 Å². The molecule has 0 atom stereocenters. The van der Waals surface area contributed by atoms with Gasteiger partial charge in [-0.2, -0.15) is 0 Å². The second-order valence-corrected chi connectivity index (χ2v) is 5.28. The first-order chi connectivity index (χ1) is 11.3. The van der Waals surface area contributed by atoms with Crippen LogP contribution in [0, 0.1) is 0 Å². The smallest absolute Gasteiger partial charge is 0.228 e. The fourth-order valence-corrected chi connectivity index (χ4v) is 2.35. The predicted octanol–water partition coefficient (Wildman–Crippen LogP) is 4.61. The van der Waals surface area contributed by atoms with Gasteiger partial charge in [-0.3, -0.25) is 4.79 Å². The average Bonchev–Trinajstić information content (AvgIpc) is 2.57. The van der Waals surface area contributed by atoms with Crippen molar-refractivity contribution < 1.29 is 4.79 Å². The minimum atomic E-state index is -0.0203. The summed E-state index contributed by atoms with van der Waals surface area (Å²) in [6.45, 7) is 0. The van der Waals surface area contributed by atoms with E-state index < -0.39 is 0 Å². The fourth-order valence-electron chi connectivity index (χ4n) is 2.35. The van der Waals surface area contributed by atoms with Crippen LogP contribution in [0.1, 0.15) is 5.56 Å². The van der Waals surface area contributed by atoms with Crippen LogP contribution < -0.4 is 10.6 Å². The highest BCUT2D eigenvalue weighted by molar-refractivity contribution is 5.92. The summed E-state index contributed by atoms with van der Waals surface area (Å²) >= 11 is 0. The number of hydrogen-bond donors (Lipinski definition) is 2. The molecule has 0 spiro atoms. The van der Waals surface area contributed by atoms with Crippen molar-refractivity contribution >= 4 is 23.0 Å². The molecule has 3 heteroatoms. The van der Waals surface area contributed by atoms with Gasteiger partial charge in [0, 0.05) is 17.1 Å². The zero-order valence-corrected chi connectivity index (χ0v) is 12.7. The summed E-state index contributed by atoms with van der Waals surface area (Å²) in [5.74, 6) is -0.0203. The van der Waals surface area contributed by atoms with Crippen molar-refractivity contribution in [3.63, 3.8) is 0 Å². The van der Waals surface area contributed by atoms with E-state index in [1.807, 2.05) is 84.9 Å². The van der Waals surface area contributed by atoms with E-state index in [4.69, 9.17) is 0 Å². The van der Waals surface area contributed by atoms with Gasteiger partial charge in [0.15, 0.2) is 0 Å². The van der Waals surface area contributed by atoms with Crippen LogP contribution in [0.15, 0.2) is 84.9 Å². The van der Waals surface area contributed by atoms with E-state index in [-0.39, 0.29) is 5.91 Å². The van der Waals surface area contributed by atoms with E-state index in [0.717, 1.165) is 22.6 Å². The lowest BCUT2D eigenvalue weighted by Gasteiger charge is -2.09. The Bertz CT molecular complexity index is 770. The number of benzene rings is 3. The highest BCUT2D eigenvalue weighted by atomic mass is 16.1. The highest BCUT2D eigenvalue weighted by Gasteiger charge is 2.04. The van der Waals surface area contributed by atoms with Crippen LogP contribution in [0.5, 0.6) is 0 Å². The first-order valence-corrected chi connectivity index (χ1v) is 7.55. The lowest BCUT2D eigenvalue weighted by Crippen LogP contribution is -2.14. The molecule has 0 bridgehead atoms. The van der Waals surface area contributed by atoms with Crippen molar-refractivity contribution in [1.29, 1.82) is 0 Å². The average molecular weight is 302 g/mol. The van der Waals surface area contributed by atoms with E-state index >= 15 is 0 Å². The summed E-state index contributed by atoms with van der Waals surface area (Å²) in [5.41, 5.74) is 3.74. The summed E-state index contributed by atoms with van der Waals surface area (Å²) < 4.78 is 0. The van der Waals surface area contributed by atoms with Crippen LogP contribution in [0.4, 0.5) is 17.1 Å². The molecule has 1 amide bonds. The number of nitrogens with one attached hydrogen (secondary N) is 2. The first kappa shape index (κ1) is 14.9. The van der Waals surface area contributed by atoms with Crippen molar-refractivity contribution in [1.82, 2.24) is 0 Å². The fraction of sp³-hybridized carbons (Fsp3) is 0.0500. The van der Waals surface area contributed by atoms with Crippen LogP contribution in [-0.4, -0.2) is 5.91 Å². The summed E-state index contributed by atoms with van der Waals surface area (Å²) in [7, 11) is 0. The molecule has 0 radical (unpaired) electrons. The number of anilines is 3. The van der Waals surface area contributed by atoms with Crippen molar-refractivity contribution in [2.45, 2.75) is 6.42 Å². The van der Waals surface area contributed by atoms with Crippen LogP contribution in [0.25, 0.3) is 0 Å². The SMILES string of the molecule is O=C(Cc1ccccc1)Nc1cccc(Nc2ccccc2)c1. The van der Waals surface area contributed by atoms with Gasteiger partial charge >= 0.3 is 0 Å². The molecule has 0 heterocycles. The summed E-state index contributed by atoms with van der Waals surface area (Å²) in [6.07, 6.45) is 0.372. The Hall–Kier alpha value is -3.07. The Morgan fingerprint density at radius 2 is 1.30 bits per heavy atom. The molecule has 23 heavy (non-hydrogen) atoms. The Balaban J connectivity index is 1.64. The van der Waals surface area contributed by atoms with Crippen molar-refractivity contribution in [3.05, 3.63) is 90.5 Å². The van der Waals surface area contributed by atoms with Gasteiger partial charge in [-0.25, -0.2) is 0 Å². The molecule has 0 saturated carbocycles. The van der Waals surface area contributed by atoms with Crippen molar-refractivity contribution in [2.24, 2.45) is 0 Å². The molecule has 2 N–H and O–H groups in total. The van der Waals surface area contributed by atoms with Gasteiger partial charge in [0.1, 0.15) is 0 Å². The normalized spacial score (nSPS) is 10.1. The lowest BCUT2D eigenvalue weighted by molar-refractivity contribution is -0.115. The number of amides is 1. The van der Waals surface area contributed by atoms with Crippen LogP contribution in [0.2, 0.25) is 0 Å². The molecule has 0 saturated heterocycles. The third-order valence-electron chi connectivity index (χ3n) is 3.42. The Labute approximate surface area is 136 Å². The van der Waals surface area contributed by atoms with Gasteiger partial charge < -0.3 is 10.6 Å². The maximum atomic E-state index is 12.1. The molecule has 0 aromatic heterocycles. The lowest BCUT2D eigenvalue weighted by atomic mass is 10.1. The zero-order valence-electron chi connectivity index (χ0n) is 12.7. The van der Waals surface area contributed by atoms with Crippen molar-refractivity contribution in [2.75, 3.05) is 10.6 Å². The van der Waals surface area contributed by atoms with Gasteiger partial charge in [0.25, 0.3) is 0 Å². The molecule has 3 aromatic rings. The third-order valence-corrected chi connectivity index (χ3v) is 3.42. The zero-order chi connectivity index (χ0) is 15.9. The van der Waals surface area contributed by atoms with E-state index in [2.05, 4.69) is 10.6 Å². The van der Waals surface area contributed by atoms with Crippen LogP contribution in [0.3, 0.4) is 0 Å². The highest BCUT2D eigenvalue weighted by Crippen LogP contribution is 2.20. The maximum Gasteiger partial charge on any atom is 0.228 e. The van der Waals surface area contributed by atoms with Gasteiger partial charge in [0.05, 0.1) is 6.42 Å². The minimum Gasteiger partial charge on any atom is -0.355 e. The largest absolute Gasteiger partial charge is 0.355 e. The van der Waals surface area contributed by atoms with E-state index in [1.54, 1.807) is 0 Å². The molecular formula is C20H18N2O. The van der Waals surface area contributed by atoms with Gasteiger partial charge in [-0.05, 0) is 35.9 Å². The summed E-state index contributed by atoms with van der Waals surface area (Å²) in [5, 5.41) is 6.25. The van der Waals surface area contributed by atoms with Gasteiger partial charge in [0.2, 0.25) is 5.91 Å². The van der Waals surface area contributed by atoms with Gasteiger partial charge in [-0.15, -0.1) is 0 Å². The first-order valence-electron chi connectivity index (χ1n) is 7.55. The molecule has 0 unspecified atom stereocenters. The number of carbonyl (C=O) groups is 1. The Morgan fingerprint density at radius 3 is 2.04 bits per heavy atom. The minimum absolute atomic E-state index is 0.0203. The second-order valence-electron chi connectivity index (χ2n) is 5.28. The molecule has 3 aromatic carbocycles. The van der Waals surface area contributed by atoms with E-state index in [0.29, 0.717) is 6.42 Å². The molecule has 114 valence electrons. The standard InChI is InChI=1S/C20H18N2O/c23-20(14-16-8-3-1-4-9-16)22-19-13-7-12-18(15-19)21-17-10-5-2-6-11-17/h1-13,15,21H,14H2,(H,22,23). The second kappa shape index (κ2) is 7.27. The van der Waals surface area contributed by atoms with Gasteiger partial charge in [-0.1, -0.05) is 54.6 Å². The summed E-state index contributed by atoms with van der Waals surface area (Å²) in [4.78, 5) is 12.1. The Kier molecular flexibility index (Phi) is 4.69. The third kappa shape index (κ3) is 4.45. The topological polar surface area (TPSA) is 41.1 Å². The number of para-hydroxylation sites is 1. The molecule has 0 aliphatic heterocycles. The quantitative estimate of drug-likeness (QED) is 0.722. The maximum absolute atomic E-state index is 12.1. The number of hydrogen-bond acceptors (Lipinski definition) is 2. The van der Waals surface area contributed by atoms with Crippen LogP contribution >= 0.6 is 0 Å². The monoisotopic (exact) mass is 302 g/mol. The Morgan fingerprint density at radius 1 is 0.696 bits per heavy atom. The van der Waals surface area contributed by atoms with Crippen molar-refractivity contribution in [3.8, 4) is 0 Å². The molecule has 0 aliphatic carbocycles. The number of carbonyl (C=O) groups excluding carboxylic acids is 1. The molecule has 0 aliphatic rings. The predicted molar refractivity (Wildman–Crippen MR) is 94.9 cm³/mol. The molecular weight excluding hydrogens is 284 g/mol. The van der Waals surface area contributed by atoms with Crippen LogP contribution in [-0.2, 0) is 11.2 Å². The van der Waals surface area contributed by atoms with E-state index in [1.165, 1.54) is 0 Å². The molecule has 0 fully saturated rings. The molecule has 3 rings (SSSR count). The molecule has 3 nitrogen and oxygen atoms in total.